The molecule has 4 atom stereocenters. The summed E-state index contributed by atoms with van der Waals surface area (Å²) in [6.45, 7) is 6.71. The van der Waals surface area contributed by atoms with Crippen LogP contribution in [0, 0.1) is 5.92 Å². The Balaban J connectivity index is 1.49. The second-order valence-corrected chi connectivity index (χ2v) is 17.0. The number of nitrogens with zero attached hydrogens (tertiary/aromatic N) is 3. The van der Waals surface area contributed by atoms with Crippen LogP contribution in [0.15, 0.2) is 48.5 Å². The largest absolute Gasteiger partial charge is 0.469 e. The molecule has 0 saturated carbocycles. The summed E-state index contributed by atoms with van der Waals surface area (Å²) in [6.07, 6.45) is 0.975. The molecule has 3 aliphatic rings. The second kappa shape index (κ2) is 13.6. The number of amides is 3. The third-order valence-electron chi connectivity index (χ3n) is 9.68. The van der Waals surface area contributed by atoms with Gasteiger partial charge in [0, 0.05) is 61.7 Å². The van der Waals surface area contributed by atoms with Crippen molar-refractivity contribution >= 4 is 43.4 Å². The maximum Gasteiger partial charge on any atom is 0.305 e. The van der Waals surface area contributed by atoms with Crippen LogP contribution in [0.25, 0.3) is 0 Å². The summed E-state index contributed by atoms with van der Waals surface area (Å²) in [7, 11) is -1.69. The quantitative estimate of drug-likeness (QED) is 0.146. The van der Waals surface area contributed by atoms with Gasteiger partial charge in [0.1, 0.15) is 0 Å². The van der Waals surface area contributed by atoms with E-state index in [1.807, 2.05) is 68.5 Å². The van der Waals surface area contributed by atoms with E-state index in [0.29, 0.717) is 55.8 Å². The zero-order valence-corrected chi connectivity index (χ0v) is 28.1. The fourth-order valence-electron chi connectivity index (χ4n) is 7.40. The molecule has 3 aliphatic heterocycles. The molecule has 3 heterocycles. The Morgan fingerprint density at radius 2 is 1.87 bits per heavy atom. The average molecular weight is 652 g/mol. The van der Waals surface area contributed by atoms with Crippen LogP contribution in [0.5, 0.6) is 0 Å². The smallest absolute Gasteiger partial charge is 0.305 e. The van der Waals surface area contributed by atoms with Gasteiger partial charge in [0.05, 0.1) is 31.9 Å². The summed E-state index contributed by atoms with van der Waals surface area (Å²) < 4.78 is 11.6. The molecule has 0 unspecified atom stereocenters. The lowest BCUT2D eigenvalue weighted by atomic mass is 9.82. The number of ether oxygens (including phenoxy) is 2. The highest BCUT2D eigenvalue weighted by Gasteiger charge is 2.66. The maximum absolute atomic E-state index is 14.6. The molecule has 248 valence electrons. The number of carbonyl (C=O) groups excluding carboxylic acids is 4. The summed E-state index contributed by atoms with van der Waals surface area (Å²) >= 11 is 0. The van der Waals surface area contributed by atoms with Gasteiger partial charge in [-0.1, -0.05) is 37.3 Å². The number of hydrogen-bond acceptors (Lipinski definition) is 8. The number of aliphatic hydroxyl groups is 1. The summed E-state index contributed by atoms with van der Waals surface area (Å²) in [5.74, 6) is -1.29. The predicted molar refractivity (Wildman–Crippen MR) is 174 cm³/mol. The van der Waals surface area contributed by atoms with Crippen molar-refractivity contribution in [1.82, 2.24) is 4.90 Å². The number of methoxy groups -OCH3 is 1. The van der Waals surface area contributed by atoms with E-state index in [9.17, 15) is 29.1 Å². The minimum Gasteiger partial charge on any atom is -0.469 e. The molecule has 2 fully saturated rings. The van der Waals surface area contributed by atoms with Crippen LogP contribution in [0.2, 0.25) is 18.6 Å². The molecule has 3 amide bonds. The average Bonchev–Trinajstić information content (AvgIpc) is 3.44. The molecule has 2 aromatic rings. The van der Waals surface area contributed by atoms with Crippen LogP contribution in [-0.2, 0) is 40.8 Å². The lowest BCUT2D eigenvalue weighted by Crippen LogP contribution is -2.46. The van der Waals surface area contributed by atoms with Gasteiger partial charge in [-0.2, -0.15) is 0 Å². The van der Waals surface area contributed by atoms with Crippen LogP contribution in [0.3, 0.4) is 0 Å². The number of carbonyl (C=O) groups is 4. The van der Waals surface area contributed by atoms with Gasteiger partial charge in [-0.3, -0.25) is 19.2 Å². The number of esters is 1. The van der Waals surface area contributed by atoms with Crippen LogP contribution in [-0.4, -0.2) is 86.3 Å². The summed E-state index contributed by atoms with van der Waals surface area (Å²) in [5.41, 5.74) is 0.968. The number of hydrogen-bond donors (Lipinski definition) is 2. The van der Waals surface area contributed by atoms with Gasteiger partial charge in [0.2, 0.25) is 11.8 Å². The van der Waals surface area contributed by atoms with Crippen molar-refractivity contribution < 1.29 is 38.6 Å². The molecule has 1 spiro atoms. The number of fused-ring (bicyclic) bond motifs is 2. The Bertz CT molecular complexity index is 1460. The maximum atomic E-state index is 14.6. The van der Waals surface area contributed by atoms with Crippen LogP contribution >= 0.6 is 0 Å². The van der Waals surface area contributed by atoms with Crippen molar-refractivity contribution in [2.45, 2.75) is 75.9 Å². The van der Waals surface area contributed by atoms with E-state index in [-0.39, 0.29) is 49.7 Å². The molecule has 0 aromatic heterocycles. The molecule has 11 nitrogen and oxygen atoms in total. The van der Waals surface area contributed by atoms with Gasteiger partial charge in [-0.25, -0.2) is 0 Å². The molecule has 5 rings (SSSR count). The minimum absolute atomic E-state index is 0.00557. The van der Waals surface area contributed by atoms with E-state index in [1.54, 1.807) is 14.7 Å². The number of β-lactam (4-membered cyclic amide) rings is 1. The van der Waals surface area contributed by atoms with Crippen molar-refractivity contribution in [3.8, 4) is 0 Å². The molecular formula is C34H45N3O8Si. The van der Waals surface area contributed by atoms with Crippen LogP contribution < -0.4 is 9.80 Å². The van der Waals surface area contributed by atoms with E-state index < -0.39 is 31.5 Å². The van der Waals surface area contributed by atoms with Gasteiger partial charge in [-0.05, 0) is 49.7 Å². The Morgan fingerprint density at radius 3 is 2.48 bits per heavy atom. The van der Waals surface area contributed by atoms with Crippen molar-refractivity contribution in [2.75, 3.05) is 43.2 Å². The lowest BCUT2D eigenvalue weighted by Gasteiger charge is -2.33. The van der Waals surface area contributed by atoms with Gasteiger partial charge >= 0.3 is 5.97 Å². The number of unbranched alkanes of at least 4 members (excludes halogenated alkanes) is 1. The highest BCUT2D eigenvalue weighted by molar-refractivity contribution is 6.71. The Kier molecular flexibility index (Phi) is 10.0. The first-order valence-corrected chi connectivity index (χ1v) is 19.1. The first kappa shape index (κ1) is 33.8. The molecule has 2 N–H and O–H groups in total. The first-order chi connectivity index (χ1) is 21.9. The summed E-state index contributed by atoms with van der Waals surface area (Å²) in [6, 6.07) is 15.1. The molecule has 2 saturated heterocycles. The van der Waals surface area contributed by atoms with Gasteiger partial charge in [0.25, 0.3) is 5.91 Å². The fourth-order valence-corrected chi connectivity index (χ4v) is 9.96. The van der Waals surface area contributed by atoms with E-state index in [4.69, 9.17) is 9.47 Å². The number of aliphatic hydroxyl groups excluding tert-OH is 1. The standard InChI is InChI=1S/C34H45N3O8Si/c1-23-32(46(3,4)43)28(21-30(40)35(18-19-38)22-24-10-6-5-7-11-24)45-34(23)26-20-25(36-17-15-29(36)39)13-14-27(26)37(33(34)42)16-9-8-12-31(41)44-2/h5-7,10-11,13-14,20,23,28,32,38,43H,8-9,12,15-19,21-22H2,1-4H3/t23-,28+,32-,34+/m0/s1. The predicted octanol–water partition coefficient (Wildman–Crippen LogP) is 3.32. The molecule has 2 aromatic carbocycles. The number of benzene rings is 2. The van der Waals surface area contributed by atoms with Crippen molar-refractivity contribution in [3.05, 3.63) is 59.7 Å². The zero-order valence-electron chi connectivity index (χ0n) is 27.1. The van der Waals surface area contributed by atoms with E-state index in [2.05, 4.69) is 0 Å². The van der Waals surface area contributed by atoms with E-state index in [0.717, 1.165) is 5.56 Å². The van der Waals surface area contributed by atoms with Crippen molar-refractivity contribution in [2.24, 2.45) is 5.92 Å². The second-order valence-electron chi connectivity index (χ2n) is 13.1. The third kappa shape index (κ3) is 6.35. The van der Waals surface area contributed by atoms with Crippen molar-refractivity contribution in [3.63, 3.8) is 0 Å². The topological polar surface area (TPSA) is 137 Å². The zero-order chi connectivity index (χ0) is 33.2. The van der Waals surface area contributed by atoms with E-state index >= 15 is 0 Å². The number of rotatable bonds is 13. The SMILES string of the molecule is COC(=O)CCCCN1C(=O)[C@]2(O[C@H](CC(=O)N(CCO)Cc3ccccc3)[C@@H]([Si](C)(C)O)[C@@H]2C)c2cc(N3CCC3=O)ccc21. The highest BCUT2D eigenvalue weighted by atomic mass is 28.4. The molecule has 0 radical (unpaired) electrons. The van der Waals surface area contributed by atoms with Gasteiger partial charge in [0.15, 0.2) is 13.9 Å². The lowest BCUT2D eigenvalue weighted by molar-refractivity contribution is -0.150. The first-order valence-electron chi connectivity index (χ1n) is 16.1. The number of anilines is 2. The minimum atomic E-state index is -3.03. The third-order valence-corrected chi connectivity index (χ3v) is 12.2. The molecular weight excluding hydrogens is 606 g/mol. The van der Waals surface area contributed by atoms with Crippen LogP contribution in [0.4, 0.5) is 11.4 Å². The van der Waals surface area contributed by atoms with Crippen molar-refractivity contribution in [1.29, 1.82) is 0 Å². The van der Waals surface area contributed by atoms with Crippen LogP contribution in [0.1, 0.15) is 50.2 Å². The molecule has 46 heavy (non-hydrogen) atoms. The fraction of sp³-hybridized carbons (Fsp3) is 0.529. The molecule has 0 aliphatic carbocycles. The van der Waals surface area contributed by atoms with Gasteiger partial charge in [-0.15, -0.1) is 0 Å². The van der Waals surface area contributed by atoms with Gasteiger partial charge < -0.3 is 34.1 Å². The monoisotopic (exact) mass is 651 g/mol. The normalized spacial score (nSPS) is 23.9. The Hall–Kier alpha value is -3.58. The summed E-state index contributed by atoms with van der Waals surface area (Å²) in [4.78, 5) is 69.1. The Labute approximate surface area is 271 Å². The molecule has 0 bridgehead atoms. The Morgan fingerprint density at radius 1 is 1.13 bits per heavy atom. The molecule has 12 heteroatoms. The highest BCUT2D eigenvalue weighted by Crippen LogP contribution is 2.60. The van der Waals surface area contributed by atoms with E-state index in [1.165, 1.54) is 7.11 Å². The summed E-state index contributed by atoms with van der Waals surface area (Å²) in [5, 5.41) is 9.77.